The van der Waals surface area contributed by atoms with Crippen LogP contribution in [0, 0.1) is 5.92 Å². The molecule has 1 aliphatic heterocycles. The van der Waals surface area contributed by atoms with Crippen molar-refractivity contribution in [3.05, 3.63) is 18.3 Å². The van der Waals surface area contributed by atoms with Gasteiger partial charge in [0.2, 0.25) is 0 Å². The van der Waals surface area contributed by atoms with E-state index in [0.717, 1.165) is 43.5 Å². The Morgan fingerprint density at radius 3 is 2.79 bits per heavy atom. The average Bonchev–Trinajstić information content (AvgIpc) is 2.40. The smallest absolute Gasteiger partial charge is 0.171 e. The minimum atomic E-state index is 0.178. The van der Waals surface area contributed by atoms with Gasteiger partial charge in [0.15, 0.2) is 11.6 Å². The van der Waals surface area contributed by atoms with Crippen LogP contribution in [0.1, 0.15) is 33.1 Å². The predicted octanol–water partition coefficient (Wildman–Crippen LogP) is 2.43. The van der Waals surface area contributed by atoms with Crippen LogP contribution >= 0.6 is 0 Å². The van der Waals surface area contributed by atoms with Crippen molar-refractivity contribution in [2.24, 2.45) is 11.7 Å². The SMILES string of the molecule is CC(C)Oc1cccnc1N1CCC(CCN)CC1. The van der Waals surface area contributed by atoms with Crippen molar-refractivity contribution >= 4 is 5.82 Å². The molecular formula is C15H25N3O. The summed E-state index contributed by atoms with van der Waals surface area (Å²) in [6, 6.07) is 3.94. The second-order valence-electron chi connectivity index (χ2n) is 5.50. The molecular weight excluding hydrogens is 238 g/mol. The summed E-state index contributed by atoms with van der Waals surface area (Å²) in [5, 5.41) is 0. The van der Waals surface area contributed by atoms with Gasteiger partial charge in [-0.3, -0.25) is 0 Å². The van der Waals surface area contributed by atoms with Crippen LogP contribution in [0.3, 0.4) is 0 Å². The summed E-state index contributed by atoms with van der Waals surface area (Å²) in [6.07, 6.45) is 5.57. The van der Waals surface area contributed by atoms with Crippen LogP contribution in [0.5, 0.6) is 5.75 Å². The fourth-order valence-electron chi connectivity index (χ4n) is 2.63. The maximum absolute atomic E-state index is 5.85. The van der Waals surface area contributed by atoms with Crippen molar-refractivity contribution in [3.8, 4) is 5.75 Å². The summed E-state index contributed by atoms with van der Waals surface area (Å²) in [4.78, 5) is 6.84. The summed E-state index contributed by atoms with van der Waals surface area (Å²) in [5.74, 6) is 2.66. The lowest BCUT2D eigenvalue weighted by Gasteiger charge is -2.33. The number of aromatic nitrogens is 1. The highest BCUT2D eigenvalue weighted by atomic mass is 16.5. The van der Waals surface area contributed by atoms with Crippen LogP contribution in [0.15, 0.2) is 18.3 Å². The Hall–Kier alpha value is -1.29. The van der Waals surface area contributed by atoms with Gasteiger partial charge in [0, 0.05) is 19.3 Å². The van der Waals surface area contributed by atoms with Crippen LogP contribution in [0.4, 0.5) is 5.82 Å². The lowest BCUT2D eigenvalue weighted by Crippen LogP contribution is -2.35. The minimum absolute atomic E-state index is 0.178. The molecule has 19 heavy (non-hydrogen) atoms. The van der Waals surface area contributed by atoms with Gasteiger partial charge in [-0.1, -0.05) is 0 Å². The molecule has 2 N–H and O–H groups in total. The molecule has 1 fully saturated rings. The Morgan fingerprint density at radius 1 is 1.42 bits per heavy atom. The molecule has 0 unspecified atom stereocenters. The molecule has 106 valence electrons. The number of ether oxygens (including phenoxy) is 1. The Balaban J connectivity index is 2.02. The van der Waals surface area contributed by atoms with E-state index in [0.29, 0.717) is 0 Å². The first kappa shape index (κ1) is 14.1. The van der Waals surface area contributed by atoms with Crippen molar-refractivity contribution in [1.82, 2.24) is 4.98 Å². The molecule has 0 spiro atoms. The summed E-state index contributed by atoms with van der Waals surface area (Å²) >= 11 is 0. The van der Waals surface area contributed by atoms with E-state index in [4.69, 9.17) is 10.5 Å². The lowest BCUT2D eigenvalue weighted by atomic mass is 9.93. The van der Waals surface area contributed by atoms with E-state index in [1.54, 1.807) is 0 Å². The van der Waals surface area contributed by atoms with Crippen molar-refractivity contribution in [3.63, 3.8) is 0 Å². The predicted molar refractivity (Wildman–Crippen MR) is 78.6 cm³/mol. The highest BCUT2D eigenvalue weighted by Gasteiger charge is 2.22. The number of rotatable bonds is 5. The first-order valence-electron chi connectivity index (χ1n) is 7.27. The third-order valence-corrected chi connectivity index (χ3v) is 3.60. The zero-order valence-electron chi connectivity index (χ0n) is 12.0. The quantitative estimate of drug-likeness (QED) is 0.886. The van der Waals surface area contributed by atoms with Crippen LogP contribution < -0.4 is 15.4 Å². The molecule has 0 aromatic carbocycles. The van der Waals surface area contributed by atoms with Gasteiger partial charge < -0.3 is 15.4 Å². The topological polar surface area (TPSA) is 51.4 Å². The highest BCUT2D eigenvalue weighted by Crippen LogP contribution is 2.30. The number of pyridine rings is 1. The average molecular weight is 263 g/mol. The van der Waals surface area contributed by atoms with E-state index in [2.05, 4.69) is 9.88 Å². The molecule has 4 heteroatoms. The van der Waals surface area contributed by atoms with Gasteiger partial charge in [0.25, 0.3) is 0 Å². The largest absolute Gasteiger partial charge is 0.487 e. The molecule has 0 radical (unpaired) electrons. The molecule has 0 bridgehead atoms. The van der Waals surface area contributed by atoms with E-state index < -0.39 is 0 Å². The van der Waals surface area contributed by atoms with Gasteiger partial charge in [-0.2, -0.15) is 0 Å². The first-order chi connectivity index (χ1) is 9.20. The number of anilines is 1. The zero-order chi connectivity index (χ0) is 13.7. The van der Waals surface area contributed by atoms with Gasteiger partial charge in [0.1, 0.15) is 0 Å². The highest BCUT2D eigenvalue weighted by molar-refractivity contribution is 5.52. The molecule has 2 heterocycles. The van der Waals surface area contributed by atoms with E-state index in [9.17, 15) is 0 Å². The van der Waals surface area contributed by atoms with Crippen molar-refractivity contribution in [2.75, 3.05) is 24.5 Å². The fraction of sp³-hybridized carbons (Fsp3) is 0.667. The third kappa shape index (κ3) is 3.83. The molecule has 0 amide bonds. The molecule has 1 saturated heterocycles. The van der Waals surface area contributed by atoms with Crippen molar-refractivity contribution in [2.45, 2.75) is 39.2 Å². The zero-order valence-corrected chi connectivity index (χ0v) is 12.0. The van der Waals surface area contributed by atoms with Crippen molar-refractivity contribution < 1.29 is 4.74 Å². The van der Waals surface area contributed by atoms with E-state index in [1.807, 2.05) is 32.2 Å². The molecule has 1 aromatic heterocycles. The maximum atomic E-state index is 5.85. The summed E-state index contributed by atoms with van der Waals surface area (Å²) in [6.45, 7) is 7.00. The van der Waals surface area contributed by atoms with E-state index in [-0.39, 0.29) is 6.10 Å². The number of nitrogens with zero attached hydrogens (tertiary/aromatic N) is 2. The maximum Gasteiger partial charge on any atom is 0.171 e. The van der Waals surface area contributed by atoms with Crippen LogP contribution in [-0.4, -0.2) is 30.7 Å². The van der Waals surface area contributed by atoms with Crippen molar-refractivity contribution in [1.29, 1.82) is 0 Å². The Kier molecular flexibility index (Phi) is 5.02. The molecule has 2 rings (SSSR count). The van der Waals surface area contributed by atoms with Gasteiger partial charge in [-0.05, 0) is 57.7 Å². The number of piperidine rings is 1. The molecule has 0 saturated carbocycles. The minimum Gasteiger partial charge on any atom is -0.487 e. The lowest BCUT2D eigenvalue weighted by molar-refractivity contribution is 0.241. The monoisotopic (exact) mass is 263 g/mol. The molecule has 1 aromatic rings. The number of hydrogen-bond acceptors (Lipinski definition) is 4. The molecule has 1 aliphatic rings. The Labute approximate surface area is 116 Å². The van der Waals surface area contributed by atoms with Gasteiger partial charge in [0.05, 0.1) is 6.10 Å². The molecule has 0 aliphatic carbocycles. The Morgan fingerprint density at radius 2 is 2.16 bits per heavy atom. The molecule has 4 nitrogen and oxygen atoms in total. The number of nitrogens with two attached hydrogens (primary N) is 1. The second-order valence-corrected chi connectivity index (χ2v) is 5.50. The number of hydrogen-bond donors (Lipinski definition) is 1. The first-order valence-corrected chi connectivity index (χ1v) is 7.27. The van der Waals surface area contributed by atoms with Crippen LogP contribution in [0.25, 0.3) is 0 Å². The van der Waals surface area contributed by atoms with Gasteiger partial charge in [-0.25, -0.2) is 4.98 Å². The molecule has 0 atom stereocenters. The second kappa shape index (κ2) is 6.75. The third-order valence-electron chi connectivity index (χ3n) is 3.60. The standard InChI is InChI=1S/C15H25N3O/c1-12(2)19-14-4-3-9-17-15(14)18-10-6-13(5-8-16)7-11-18/h3-4,9,12-13H,5-8,10-11,16H2,1-2H3. The van der Waals surface area contributed by atoms with Gasteiger partial charge >= 0.3 is 0 Å². The van der Waals surface area contributed by atoms with Gasteiger partial charge in [-0.15, -0.1) is 0 Å². The summed E-state index contributed by atoms with van der Waals surface area (Å²) in [5.41, 5.74) is 5.64. The van der Waals surface area contributed by atoms with Crippen LogP contribution in [-0.2, 0) is 0 Å². The summed E-state index contributed by atoms with van der Waals surface area (Å²) < 4.78 is 5.85. The van der Waals surface area contributed by atoms with Crippen LogP contribution in [0.2, 0.25) is 0 Å². The normalized spacial score (nSPS) is 16.9. The summed E-state index contributed by atoms with van der Waals surface area (Å²) in [7, 11) is 0. The fourth-order valence-corrected chi connectivity index (χ4v) is 2.63. The Bertz CT molecular complexity index is 387. The van der Waals surface area contributed by atoms with E-state index in [1.165, 1.54) is 12.8 Å². The van der Waals surface area contributed by atoms with E-state index >= 15 is 0 Å².